The van der Waals surface area contributed by atoms with E-state index in [1.54, 1.807) is 6.92 Å². The maximum atomic E-state index is 11.5. The number of aliphatic hydroxyl groups is 1. The highest BCUT2D eigenvalue weighted by atomic mass is 32.2. The molecule has 122 valence electrons. The second-order valence-electron chi connectivity index (χ2n) is 8.15. The van der Waals surface area contributed by atoms with Crippen LogP contribution in [0.2, 0.25) is 0 Å². The Kier molecular flexibility index (Phi) is 4.39. The van der Waals surface area contributed by atoms with Crippen molar-refractivity contribution < 1.29 is 13.5 Å². The van der Waals surface area contributed by atoms with E-state index in [1.165, 1.54) is 38.5 Å². The maximum Gasteiger partial charge on any atom is 0.150 e. The molecule has 0 aliphatic heterocycles. The van der Waals surface area contributed by atoms with Crippen LogP contribution in [0.3, 0.4) is 0 Å². The van der Waals surface area contributed by atoms with Crippen molar-refractivity contribution in [2.75, 3.05) is 11.5 Å². The third kappa shape index (κ3) is 3.64. The van der Waals surface area contributed by atoms with Crippen LogP contribution >= 0.6 is 0 Å². The van der Waals surface area contributed by atoms with Gasteiger partial charge in [0.25, 0.3) is 0 Å². The molecule has 0 saturated heterocycles. The van der Waals surface area contributed by atoms with Gasteiger partial charge in [0.05, 0.1) is 11.9 Å². The fourth-order valence-corrected chi connectivity index (χ4v) is 6.72. The Labute approximate surface area is 129 Å². The monoisotopic (exact) mass is 314 g/mol. The van der Waals surface area contributed by atoms with Gasteiger partial charge in [0.2, 0.25) is 0 Å². The normalized spacial score (nSPS) is 39.6. The van der Waals surface area contributed by atoms with Gasteiger partial charge in [-0.05, 0) is 81.0 Å². The van der Waals surface area contributed by atoms with Crippen molar-refractivity contribution >= 4 is 9.84 Å². The smallest absolute Gasteiger partial charge is 0.150 e. The first-order valence-corrected chi connectivity index (χ1v) is 10.6. The zero-order valence-electron chi connectivity index (χ0n) is 13.3. The van der Waals surface area contributed by atoms with Crippen molar-refractivity contribution in [3.8, 4) is 0 Å². The maximum absolute atomic E-state index is 11.5. The molecule has 0 aromatic carbocycles. The van der Waals surface area contributed by atoms with E-state index >= 15 is 0 Å². The lowest BCUT2D eigenvalue weighted by atomic mass is 9.48. The lowest BCUT2D eigenvalue weighted by Crippen LogP contribution is -2.47. The van der Waals surface area contributed by atoms with Crippen LogP contribution in [0.5, 0.6) is 0 Å². The third-order valence-corrected chi connectivity index (χ3v) is 8.06. The first-order chi connectivity index (χ1) is 9.90. The van der Waals surface area contributed by atoms with Crippen LogP contribution < -0.4 is 0 Å². The van der Waals surface area contributed by atoms with Gasteiger partial charge in [-0.25, -0.2) is 8.42 Å². The highest BCUT2D eigenvalue weighted by molar-refractivity contribution is 7.91. The Morgan fingerprint density at radius 2 is 1.62 bits per heavy atom. The van der Waals surface area contributed by atoms with Crippen molar-refractivity contribution in [3.63, 3.8) is 0 Å². The molecule has 0 radical (unpaired) electrons. The van der Waals surface area contributed by atoms with Gasteiger partial charge in [0, 0.05) is 5.75 Å². The molecule has 1 unspecified atom stereocenters. The van der Waals surface area contributed by atoms with Gasteiger partial charge in [-0.3, -0.25) is 0 Å². The first-order valence-electron chi connectivity index (χ1n) is 8.78. The fourth-order valence-electron chi connectivity index (χ4n) is 5.83. The zero-order valence-corrected chi connectivity index (χ0v) is 14.1. The molecule has 1 N–H and O–H groups in total. The van der Waals surface area contributed by atoms with Crippen LogP contribution in [0.4, 0.5) is 0 Å². The Hall–Kier alpha value is -0.0900. The minimum atomic E-state index is -2.88. The molecule has 4 rings (SSSR count). The van der Waals surface area contributed by atoms with Crippen molar-refractivity contribution in [3.05, 3.63) is 0 Å². The van der Waals surface area contributed by atoms with E-state index in [9.17, 15) is 13.5 Å². The van der Waals surface area contributed by atoms with Crippen LogP contribution in [0.25, 0.3) is 0 Å². The van der Waals surface area contributed by atoms with Gasteiger partial charge < -0.3 is 5.11 Å². The van der Waals surface area contributed by atoms with Crippen molar-refractivity contribution in [2.45, 2.75) is 70.8 Å². The molecule has 4 saturated carbocycles. The predicted molar refractivity (Wildman–Crippen MR) is 84.8 cm³/mol. The van der Waals surface area contributed by atoms with E-state index in [4.69, 9.17) is 0 Å². The molecule has 4 aliphatic rings. The Balaban J connectivity index is 1.50. The van der Waals surface area contributed by atoms with E-state index in [-0.39, 0.29) is 17.6 Å². The summed E-state index contributed by atoms with van der Waals surface area (Å²) >= 11 is 0. The highest BCUT2D eigenvalue weighted by Gasteiger charge is 2.51. The summed E-state index contributed by atoms with van der Waals surface area (Å²) in [6.45, 7) is 1.70. The second-order valence-corrected chi connectivity index (χ2v) is 10.6. The highest BCUT2D eigenvalue weighted by Crippen LogP contribution is 2.61. The van der Waals surface area contributed by atoms with Gasteiger partial charge in [-0.15, -0.1) is 0 Å². The summed E-state index contributed by atoms with van der Waals surface area (Å²) in [5.41, 5.74) is 0.401. The Morgan fingerprint density at radius 1 is 1.10 bits per heavy atom. The number of sulfone groups is 1. The number of hydrogen-bond acceptors (Lipinski definition) is 3. The van der Waals surface area contributed by atoms with Crippen LogP contribution in [0.1, 0.15) is 64.7 Å². The minimum Gasteiger partial charge on any atom is -0.393 e. The van der Waals surface area contributed by atoms with Gasteiger partial charge in [-0.2, -0.15) is 0 Å². The molecular formula is C17H30O3S. The largest absolute Gasteiger partial charge is 0.393 e. The van der Waals surface area contributed by atoms with E-state index in [2.05, 4.69) is 0 Å². The molecule has 21 heavy (non-hydrogen) atoms. The fraction of sp³-hybridized carbons (Fsp3) is 1.00. The summed E-state index contributed by atoms with van der Waals surface area (Å²) in [6.07, 6.45) is 10.2. The molecule has 0 heterocycles. The quantitative estimate of drug-likeness (QED) is 0.785. The summed E-state index contributed by atoms with van der Waals surface area (Å²) in [6, 6.07) is 0. The molecule has 0 aromatic heterocycles. The molecule has 1 atom stereocenters. The summed E-state index contributed by atoms with van der Waals surface area (Å²) in [5, 5.41) is 10.4. The van der Waals surface area contributed by atoms with Crippen LogP contribution in [0, 0.1) is 23.2 Å². The van der Waals surface area contributed by atoms with Crippen LogP contribution in [-0.4, -0.2) is 31.1 Å². The minimum absolute atomic E-state index is 0.220. The lowest BCUT2D eigenvalue weighted by molar-refractivity contribution is -0.0766. The van der Waals surface area contributed by atoms with Gasteiger partial charge in [-0.1, -0.05) is 6.92 Å². The van der Waals surface area contributed by atoms with Crippen LogP contribution in [0.15, 0.2) is 0 Å². The Bertz CT molecular complexity index is 433. The average Bonchev–Trinajstić information content (AvgIpc) is 2.36. The summed E-state index contributed by atoms with van der Waals surface area (Å²) in [5.74, 6) is 3.22. The molecule has 0 spiro atoms. The summed E-state index contributed by atoms with van der Waals surface area (Å²) < 4.78 is 23.0. The first kappa shape index (κ1) is 15.8. The van der Waals surface area contributed by atoms with Crippen molar-refractivity contribution in [1.29, 1.82) is 0 Å². The lowest BCUT2D eigenvalue weighted by Gasteiger charge is -2.57. The third-order valence-electron chi connectivity index (χ3n) is 6.27. The number of rotatable bonds is 7. The van der Waals surface area contributed by atoms with E-state index in [0.717, 1.165) is 24.2 Å². The molecule has 4 aliphatic carbocycles. The SMILES string of the molecule is CCS(=O)(=O)CCCC(O)CC12CC3CC(CC(C3)C1)C2. The van der Waals surface area contributed by atoms with E-state index < -0.39 is 9.84 Å². The van der Waals surface area contributed by atoms with Gasteiger partial charge in [0.1, 0.15) is 9.84 Å². The van der Waals surface area contributed by atoms with E-state index in [1.807, 2.05) is 0 Å². The second kappa shape index (κ2) is 5.84. The molecule has 4 heteroatoms. The van der Waals surface area contributed by atoms with E-state index in [0.29, 0.717) is 18.3 Å². The molecule has 0 amide bonds. The standard InChI is InChI=1S/C17H30O3S/c1-2-21(19,20)5-3-4-16(18)12-17-9-13-6-14(10-17)8-15(7-13)11-17/h13-16,18H,2-12H2,1H3. The molecule has 4 fully saturated rings. The number of hydrogen-bond donors (Lipinski definition) is 1. The van der Waals surface area contributed by atoms with Crippen molar-refractivity contribution in [2.24, 2.45) is 23.2 Å². The average molecular weight is 314 g/mol. The molecular weight excluding hydrogens is 284 g/mol. The summed E-state index contributed by atoms with van der Waals surface area (Å²) in [4.78, 5) is 0. The molecule has 3 nitrogen and oxygen atoms in total. The molecule has 4 bridgehead atoms. The summed E-state index contributed by atoms with van der Waals surface area (Å²) in [7, 11) is -2.88. The van der Waals surface area contributed by atoms with Crippen molar-refractivity contribution in [1.82, 2.24) is 0 Å². The van der Waals surface area contributed by atoms with Crippen LogP contribution in [-0.2, 0) is 9.84 Å². The van der Waals surface area contributed by atoms with Gasteiger partial charge >= 0.3 is 0 Å². The topological polar surface area (TPSA) is 54.4 Å². The van der Waals surface area contributed by atoms with Gasteiger partial charge in [0.15, 0.2) is 0 Å². The predicted octanol–water partition coefficient (Wildman–Crippen LogP) is 3.17. The number of aliphatic hydroxyl groups excluding tert-OH is 1. The molecule has 0 aromatic rings. The Morgan fingerprint density at radius 3 is 2.10 bits per heavy atom. The zero-order chi connectivity index (χ0) is 15.1.